The Morgan fingerprint density at radius 2 is 1.69 bits per heavy atom. The van der Waals surface area contributed by atoms with Gasteiger partial charge in [0.05, 0.1) is 13.5 Å². The first-order valence-electron chi connectivity index (χ1n) is 10.4. The number of H-pyrrole nitrogens is 1. The Morgan fingerprint density at radius 1 is 0.969 bits per heavy atom. The van der Waals surface area contributed by atoms with Crippen LogP contribution >= 0.6 is 0 Å². The molecule has 3 N–H and O–H groups in total. The topological polar surface area (TPSA) is 83.2 Å². The number of hydrogen-bond acceptors (Lipinski definition) is 3. The molecule has 32 heavy (non-hydrogen) atoms. The van der Waals surface area contributed by atoms with Crippen molar-refractivity contribution in [2.24, 2.45) is 0 Å². The smallest absolute Gasteiger partial charge is 0.251 e. The Balaban J connectivity index is 1.53. The molecule has 4 rings (SSSR count). The highest BCUT2D eigenvalue weighted by atomic mass is 16.5. The Hall–Kier alpha value is -4.06. The third kappa shape index (κ3) is 4.81. The molecule has 0 fully saturated rings. The van der Waals surface area contributed by atoms with Gasteiger partial charge in [0.2, 0.25) is 5.91 Å². The van der Waals surface area contributed by atoms with Crippen LogP contribution < -0.4 is 15.4 Å². The summed E-state index contributed by atoms with van der Waals surface area (Å²) in [4.78, 5) is 29.2. The third-order valence-corrected chi connectivity index (χ3v) is 5.36. The van der Waals surface area contributed by atoms with E-state index in [1.165, 1.54) is 0 Å². The number of amides is 2. The Kier molecular flexibility index (Phi) is 6.22. The molecule has 0 aliphatic rings. The molecule has 0 aliphatic heterocycles. The van der Waals surface area contributed by atoms with Crippen molar-refractivity contribution in [1.29, 1.82) is 0 Å². The van der Waals surface area contributed by atoms with Gasteiger partial charge in [-0.05, 0) is 48.4 Å². The molecule has 1 atom stereocenters. The average molecular weight is 428 g/mol. The van der Waals surface area contributed by atoms with Crippen LogP contribution in [0, 0.1) is 6.92 Å². The summed E-state index contributed by atoms with van der Waals surface area (Å²) < 4.78 is 5.16. The number of hydrogen-bond donors (Lipinski definition) is 3. The summed E-state index contributed by atoms with van der Waals surface area (Å²) in [6, 6.07) is 21.6. The predicted octanol–water partition coefficient (Wildman–Crippen LogP) is 4.52. The van der Waals surface area contributed by atoms with Gasteiger partial charge in [-0.3, -0.25) is 9.59 Å². The van der Waals surface area contributed by atoms with Crippen LogP contribution in [0.2, 0.25) is 0 Å². The lowest BCUT2D eigenvalue weighted by Crippen LogP contribution is -2.37. The van der Waals surface area contributed by atoms with Gasteiger partial charge in [0.1, 0.15) is 11.8 Å². The van der Waals surface area contributed by atoms with Gasteiger partial charge < -0.3 is 20.4 Å². The molecule has 0 radical (unpaired) electrons. The molecule has 4 aromatic rings. The number of carbonyl (C=O) groups excluding carboxylic acids is 2. The van der Waals surface area contributed by atoms with Crippen LogP contribution in [0.15, 0.2) is 79.0 Å². The van der Waals surface area contributed by atoms with Crippen molar-refractivity contribution in [3.05, 3.63) is 95.7 Å². The molecule has 3 aromatic carbocycles. The van der Waals surface area contributed by atoms with E-state index in [-0.39, 0.29) is 18.2 Å². The second kappa shape index (κ2) is 9.39. The number of ether oxygens (including phenoxy) is 1. The largest absolute Gasteiger partial charge is 0.497 e. The fourth-order valence-electron chi connectivity index (χ4n) is 3.61. The van der Waals surface area contributed by atoms with E-state index in [0.717, 1.165) is 22.0 Å². The van der Waals surface area contributed by atoms with Gasteiger partial charge in [0.25, 0.3) is 5.91 Å². The number of carbonyl (C=O) groups is 2. The molecule has 6 heteroatoms. The van der Waals surface area contributed by atoms with E-state index in [9.17, 15) is 9.59 Å². The van der Waals surface area contributed by atoms with Gasteiger partial charge >= 0.3 is 0 Å². The summed E-state index contributed by atoms with van der Waals surface area (Å²) in [5.41, 5.74) is 4.28. The molecule has 0 saturated heterocycles. The van der Waals surface area contributed by atoms with Crippen LogP contribution in [0.1, 0.15) is 22.7 Å². The molecule has 0 aliphatic carbocycles. The number of anilines is 1. The number of rotatable bonds is 7. The molecule has 6 nitrogen and oxygen atoms in total. The molecule has 0 spiro atoms. The maximum Gasteiger partial charge on any atom is 0.251 e. The van der Waals surface area contributed by atoms with Crippen molar-refractivity contribution >= 4 is 28.4 Å². The number of methoxy groups -OCH3 is 1. The quantitative estimate of drug-likeness (QED) is 0.405. The lowest BCUT2D eigenvalue weighted by molar-refractivity contribution is -0.126. The van der Waals surface area contributed by atoms with Crippen LogP contribution in [0.4, 0.5) is 5.69 Å². The maximum atomic E-state index is 13.1. The van der Waals surface area contributed by atoms with Crippen molar-refractivity contribution in [3.63, 3.8) is 0 Å². The van der Waals surface area contributed by atoms with Gasteiger partial charge in [-0.1, -0.05) is 48.0 Å². The molecule has 1 heterocycles. The first kappa shape index (κ1) is 21.2. The predicted molar refractivity (Wildman–Crippen MR) is 126 cm³/mol. The van der Waals surface area contributed by atoms with Gasteiger partial charge in [0, 0.05) is 22.8 Å². The zero-order valence-corrected chi connectivity index (χ0v) is 18.0. The monoisotopic (exact) mass is 427 g/mol. The minimum absolute atomic E-state index is 0.169. The lowest BCUT2D eigenvalue weighted by Gasteiger charge is -2.19. The van der Waals surface area contributed by atoms with E-state index in [2.05, 4.69) is 15.6 Å². The van der Waals surface area contributed by atoms with Gasteiger partial charge in [0.15, 0.2) is 0 Å². The SMILES string of the molecule is COc1ccc(NC(=O)C(NC(=O)Cc2c[nH]c3ccccc23)c2ccc(C)cc2)cc1. The average Bonchev–Trinajstić information content (AvgIpc) is 3.21. The summed E-state index contributed by atoms with van der Waals surface area (Å²) in [5, 5.41) is 6.79. The molecular weight excluding hydrogens is 402 g/mol. The summed E-state index contributed by atoms with van der Waals surface area (Å²) in [7, 11) is 1.59. The summed E-state index contributed by atoms with van der Waals surface area (Å²) in [5.74, 6) is 0.154. The summed E-state index contributed by atoms with van der Waals surface area (Å²) >= 11 is 0. The number of fused-ring (bicyclic) bond motifs is 1. The summed E-state index contributed by atoms with van der Waals surface area (Å²) in [6.07, 6.45) is 2.00. The van der Waals surface area contributed by atoms with Gasteiger partial charge in [-0.2, -0.15) is 0 Å². The zero-order chi connectivity index (χ0) is 22.5. The molecule has 0 saturated carbocycles. The van der Waals surface area contributed by atoms with Crippen LogP contribution in [0.5, 0.6) is 5.75 Å². The molecule has 1 aromatic heterocycles. The minimum Gasteiger partial charge on any atom is -0.497 e. The highest BCUT2D eigenvalue weighted by Crippen LogP contribution is 2.21. The molecular formula is C26H25N3O3. The third-order valence-electron chi connectivity index (χ3n) is 5.36. The second-order valence-electron chi connectivity index (χ2n) is 7.67. The van der Waals surface area contributed by atoms with Crippen LogP contribution in [-0.2, 0) is 16.0 Å². The van der Waals surface area contributed by atoms with E-state index in [1.54, 1.807) is 31.4 Å². The zero-order valence-electron chi connectivity index (χ0n) is 18.0. The number of aryl methyl sites for hydroxylation is 1. The van der Waals surface area contributed by atoms with E-state index in [0.29, 0.717) is 17.0 Å². The Bertz CT molecular complexity index is 1230. The standard InChI is InChI=1S/C26H25N3O3/c1-17-7-9-18(10-8-17)25(26(31)28-20-11-13-21(32-2)14-12-20)29-24(30)15-19-16-27-23-6-4-3-5-22(19)23/h3-14,16,25,27H,15H2,1-2H3,(H,28,31)(H,29,30). The van der Waals surface area contributed by atoms with Crippen molar-refractivity contribution in [2.45, 2.75) is 19.4 Å². The van der Waals surface area contributed by atoms with E-state index in [1.807, 2.05) is 61.7 Å². The van der Waals surface area contributed by atoms with Gasteiger partial charge in [-0.15, -0.1) is 0 Å². The lowest BCUT2D eigenvalue weighted by atomic mass is 10.0. The van der Waals surface area contributed by atoms with Crippen molar-refractivity contribution < 1.29 is 14.3 Å². The van der Waals surface area contributed by atoms with Crippen molar-refractivity contribution in [2.75, 3.05) is 12.4 Å². The molecule has 1 unspecified atom stereocenters. The number of nitrogens with one attached hydrogen (secondary N) is 3. The van der Waals surface area contributed by atoms with E-state index < -0.39 is 6.04 Å². The number of benzene rings is 3. The minimum atomic E-state index is -0.824. The molecule has 2 amide bonds. The van der Waals surface area contributed by atoms with Crippen LogP contribution in [0.3, 0.4) is 0 Å². The van der Waals surface area contributed by atoms with Crippen LogP contribution in [0.25, 0.3) is 10.9 Å². The number of para-hydroxylation sites is 1. The number of aromatic nitrogens is 1. The molecule has 0 bridgehead atoms. The fourth-order valence-corrected chi connectivity index (χ4v) is 3.61. The Morgan fingerprint density at radius 3 is 2.41 bits per heavy atom. The van der Waals surface area contributed by atoms with Crippen LogP contribution in [-0.4, -0.2) is 23.9 Å². The summed E-state index contributed by atoms with van der Waals surface area (Å²) in [6.45, 7) is 1.98. The normalized spacial score (nSPS) is 11.7. The first-order valence-corrected chi connectivity index (χ1v) is 10.4. The molecule has 162 valence electrons. The second-order valence-corrected chi connectivity index (χ2v) is 7.67. The van der Waals surface area contributed by atoms with E-state index >= 15 is 0 Å². The van der Waals surface area contributed by atoms with E-state index in [4.69, 9.17) is 4.74 Å². The number of aromatic amines is 1. The Labute approximate surface area is 186 Å². The maximum absolute atomic E-state index is 13.1. The fraction of sp³-hybridized carbons (Fsp3) is 0.154. The van der Waals surface area contributed by atoms with Crippen molar-refractivity contribution in [3.8, 4) is 5.75 Å². The highest BCUT2D eigenvalue weighted by Gasteiger charge is 2.23. The first-order chi connectivity index (χ1) is 15.5. The van der Waals surface area contributed by atoms with Gasteiger partial charge in [-0.25, -0.2) is 0 Å². The highest BCUT2D eigenvalue weighted by molar-refractivity contribution is 5.98. The van der Waals surface area contributed by atoms with Crippen molar-refractivity contribution in [1.82, 2.24) is 10.3 Å².